The normalized spacial score (nSPS) is 9.67. The SMILES string of the molecule is Cc1ccc(Cl)nc1.Cc1ccc(Oc2ccc(F)cc2)nc1.NC(=O)N/N=C/c1ccc(Oc2ccc(F)cc2)nc1.NNC(N)=O.O=Cc1ccc(Oc2ccc(F)cc2)nc1.Oc1ccc(F)cc1. The number of phenolic OH excluding ortho intramolecular Hbond substituents is 1. The monoisotopic (exact) mass is 1010 g/mol. The number of aromatic nitrogens is 4. The van der Waals surface area contributed by atoms with Gasteiger partial charge in [-0.25, -0.2) is 58.4 Å². The van der Waals surface area contributed by atoms with Crippen molar-refractivity contribution < 1.29 is 51.3 Å². The Morgan fingerprint density at radius 3 is 1.19 bits per heavy atom. The Morgan fingerprint density at radius 1 is 0.542 bits per heavy atom. The number of halogens is 5. The summed E-state index contributed by atoms with van der Waals surface area (Å²) in [7, 11) is 0. The first-order valence-electron chi connectivity index (χ1n) is 20.5. The molecule has 0 atom stereocenters. The lowest BCUT2D eigenvalue weighted by atomic mass is 10.3. The molecule has 0 bridgehead atoms. The highest BCUT2D eigenvalue weighted by Crippen LogP contribution is 2.21. The molecule has 0 radical (unpaired) electrons. The third-order valence-corrected chi connectivity index (χ3v) is 8.10. The van der Waals surface area contributed by atoms with Crippen LogP contribution in [0.3, 0.4) is 0 Å². The molecule has 4 aromatic carbocycles. The van der Waals surface area contributed by atoms with Crippen molar-refractivity contribution in [2.75, 3.05) is 0 Å². The van der Waals surface area contributed by atoms with Gasteiger partial charge in [0.05, 0.1) is 6.21 Å². The molecule has 4 aromatic heterocycles. The summed E-state index contributed by atoms with van der Waals surface area (Å²) in [6.07, 6.45) is 8.46. The van der Waals surface area contributed by atoms with E-state index in [-0.39, 0.29) is 29.0 Å². The van der Waals surface area contributed by atoms with Gasteiger partial charge in [-0.2, -0.15) is 5.10 Å². The Bertz CT molecular complexity index is 2730. The molecule has 0 fully saturated rings. The number of nitrogens with one attached hydrogen (secondary N) is 2. The summed E-state index contributed by atoms with van der Waals surface area (Å²) >= 11 is 5.50. The van der Waals surface area contributed by atoms with Crippen LogP contribution < -0.4 is 42.4 Å². The molecule has 8 aromatic rings. The minimum absolute atomic E-state index is 0.0893. The number of primary amides is 2. The number of ether oxygens (including phenoxy) is 3. The third kappa shape index (κ3) is 25.1. The van der Waals surface area contributed by atoms with Crippen LogP contribution in [0.25, 0.3) is 0 Å². The standard InChI is InChI=1S/C13H11FN4O2.C12H8FNO2.C12H10FNO.C6H6ClN.C6H5FO.CH5N3O/c14-10-2-4-11(5-3-10)20-12-6-1-9(7-16-12)8-17-18-13(15)19;13-10-2-4-11(5-3-10)16-12-6-1-9(8-15)7-14-12;1-9-2-7-12(14-8-9)15-11-5-3-10(13)4-6-11;1-5-2-3-6(7)8-4-5;7-5-1-3-6(8)4-2-5;2-1(5)4-3/h1-8H,(H3,15,18,19);1-8H;2-8H,1H3;2-4H,1H3;1-4,8H;3H2,(H3,2,4,5)/b17-8+;;;;;. The molecule has 0 aliphatic heterocycles. The van der Waals surface area contributed by atoms with Gasteiger partial charge in [0.25, 0.3) is 0 Å². The van der Waals surface area contributed by atoms with E-state index in [0.29, 0.717) is 57.5 Å². The summed E-state index contributed by atoms with van der Waals surface area (Å²) in [6, 6.07) is 34.5. The molecule has 0 saturated carbocycles. The fourth-order valence-corrected chi connectivity index (χ4v) is 4.61. The van der Waals surface area contributed by atoms with E-state index in [0.717, 1.165) is 11.1 Å². The maximum absolute atomic E-state index is 12.7. The first kappa shape index (κ1) is 56.9. The molecule has 22 heteroatoms. The molecule has 9 N–H and O–H groups in total. The number of phenols is 1. The number of aldehydes is 1. The van der Waals surface area contributed by atoms with E-state index < -0.39 is 12.1 Å². The summed E-state index contributed by atoms with van der Waals surface area (Å²) in [6.45, 7) is 3.93. The molecule has 4 amide bonds. The van der Waals surface area contributed by atoms with Crippen molar-refractivity contribution in [2.45, 2.75) is 13.8 Å². The number of hydrogen-bond donors (Lipinski definition) is 6. The van der Waals surface area contributed by atoms with Crippen molar-refractivity contribution in [1.29, 1.82) is 0 Å². The van der Waals surface area contributed by atoms with Crippen LogP contribution in [0.2, 0.25) is 5.15 Å². The van der Waals surface area contributed by atoms with Crippen LogP contribution in [0, 0.1) is 37.1 Å². The lowest BCUT2D eigenvalue weighted by Gasteiger charge is -2.04. The second kappa shape index (κ2) is 31.6. The van der Waals surface area contributed by atoms with Gasteiger partial charge in [0, 0.05) is 54.1 Å². The topological polar surface area (TPSA) is 265 Å². The van der Waals surface area contributed by atoms with Gasteiger partial charge in [-0.1, -0.05) is 23.7 Å². The number of hydrazine groups is 1. The largest absolute Gasteiger partial charge is 0.508 e. The van der Waals surface area contributed by atoms with Crippen molar-refractivity contribution in [3.05, 3.63) is 221 Å². The number of rotatable bonds is 9. The minimum atomic E-state index is -0.745. The highest BCUT2D eigenvalue weighted by atomic mass is 35.5. The highest BCUT2D eigenvalue weighted by Gasteiger charge is 2.02. The molecular weight excluding hydrogens is 964 g/mol. The zero-order chi connectivity index (χ0) is 52.7. The molecule has 372 valence electrons. The van der Waals surface area contributed by atoms with Gasteiger partial charge in [-0.15, -0.1) is 0 Å². The molecular formula is C50H45ClF4N10O7. The maximum atomic E-state index is 12.7. The van der Waals surface area contributed by atoms with Crippen LogP contribution in [-0.4, -0.2) is 49.6 Å². The zero-order valence-corrected chi connectivity index (χ0v) is 38.8. The van der Waals surface area contributed by atoms with E-state index in [2.05, 4.69) is 42.0 Å². The fraction of sp³-hybridized carbons (Fsp3) is 0.0400. The number of carbonyl (C=O) groups is 3. The van der Waals surface area contributed by atoms with Crippen molar-refractivity contribution in [1.82, 2.24) is 30.8 Å². The predicted octanol–water partition coefficient (Wildman–Crippen LogP) is 10.3. The van der Waals surface area contributed by atoms with Gasteiger partial charge in [-0.05, 0) is 140 Å². The smallest absolute Gasteiger partial charge is 0.332 e. The summed E-state index contributed by atoms with van der Waals surface area (Å²) in [5.41, 5.74) is 16.3. The van der Waals surface area contributed by atoms with Crippen LogP contribution in [0.15, 0.2) is 175 Å². The average Bonchev–Trinajstić information content (AvgIpc) is 3.38. The predicted molar refractivity (Wildman–Crippen MR) is 262 cm³/mol. The third-order valence-electron chi connectivity index (χ3n) is 7.88. The number of pyridine rings is 4. The second-order valence-electron chi connectivity index (χ2n) is 13.7. The Balaban J connectivity index is 0.000000240. The minimum Gasteiger partial charge on any atom is -0.508 e. The molecule has 0 aliphatic carbocycles. The number of nitrogens with two attached hydrogens (primary N) is 3. The molecule has 0 spiro atoms. The van der Waals surface area contributed by atoms with Gasteiger partial charge in [0.1, 0.15) is 51.4 Å². The molecule has 0 saturated heterocycles. The fourth-order valence-electron chi connectivity index (χ4n) is 4.50. The maximum Gasteiger partial charge on any atom is 0.332 e. The number of nitrogens with zero attached hydrogens (tertiary/aromatic N) is 5. The second-order valence-corrected chi connectivity index (χ2v) is 14.1. The van der Waals surface area contributed by atoms with E-state index in [4.69, 9.17) is 36.7 Å². The summed E-state index contributed by atoms with van der Waals surface area (Å²) in [5, 5.41) is 12.7. The lowest BCUT2D eigenvalue weighted by molar-refractivity contribution is 0.112. The number of hydrogen-bond acceptors (Lipinski definition) is 13. The first-order valence-corrected chi connectivity index (χ1v) is 20.9. The zero-order valence-electron chi connectivity index (χ0n) is 38.1. The van der Waals surface area contributed by atoms with E-state index in [1.165, 1.54) is 104 Å². The molecule has 8 rings (SSSR count). The van der Waals surface area contributed by atoms with Gasteiger partial charge < -0.3 is 30.8 Å². The van der Waals surface area contributed by atoms with Crippen LogP contribution in [0.5, 0.6) is 40.6 Å². The van der Waals surface area contributed by atoms with E-state index >= 15 is 0 Å². The average molecular weight is 1010 g/mol. The van der Waals surface area contributed by atoms with E-state index in [9.17, 15) is 31.9 Å². The highest BCUT2D eigenvalue weighted by molar-refractivity contribution is 6.29. The Hall–Kier alpha value is -9.47. The van der Waals surface area contributed by atoms with Gasteiger partial charge >= 0.3 is 12.1 Å². The van der Waals surface area contributed by atoms with Crippen LogP contribution in [0.4, 0.5) is 27.2 Å². The van der Waals surface area contributed by atoms with Crippen molar-refractivity contribution >= 4 is 36.2 Å². The molecule has 4 heterocycles. The van der Waals surface area contributed by atoms with Gasteiger partial charge in [-0.3, -0.25) is 10.2 Å². The van der Waals surface area contributed by atoms with Crippen molar-refractivity contribution in [3.8, 4) is 40.6 Å². The van der Waals surface area contributed by atoms with Gasteiger partial charge in [0.15, 0.2) is 6.29 Å². The number of hydrazone groups is 1. The number of benzene rings is 4. The lowest BCUT2D eigenvalue weighted by Crippen LogP contribution is -2.34. The Morgan fingerprint density at radius 2 is 0.903 bits per heavy atom. The Kier molecular flexibility index (Phi) is 24.9. The molecule has 0 unspecified atom stereocenters. The van der Waals surface area contributed by atoms with Crippen molar-refractivity contribution in [3.63, 3.8) is 0 Å². The van der Waals surface area contributed by atoms with Gasteiger partial charge in [0.2, 0.25) is 17.6 Å². The summed E-state index contributed by atoms with van der Waals surface area (Å²) in [4.78, 5) is 46.0. The molecule has 0 aliphatic rings. The van der Waals surface area contributed by atoms with Crippen molar-refractivity contribution in [2.24, 2.45) is 22.4 Å². The van der Waals surface area contributed by atoms with Crippen LogP contribution in [0.1, 0.15) is 27.0 Å². The number of carbonyl (C=O) groups excluding carboxylic acids is 3. The van der Waals surface area contributed by atoms with Crippen LogP contribution in [-0.2, 0) is 0 Å². The first-order chi connectivity index (χ1) is 34.5. The summed E-state index contributed by atoms with van der Waals surface area (Å²) in [5.74, 6) is 6.05. The summed E-state index contributed by atoms with van der Waals surface area (Å²) < 4.78 is 66.1. The number of aryl methyl sites for hydroxylation is 2. The number of aromatic hydroxyl groups is 1. The molecule has 17 nitrogen and oxygen atoms in total. The van der Waals surface area contributed by atoms with Crippen LogP contribution >= 0.6 is 11.6 Å². The number of urea groups is 2. The van der Waals surface area contributed by atoms with E-state index in [1.807, 2.05) is 26.0 Å². The quantitative estimate of drug-likeness (QED) is 0.0150. The Labute approximate surface area is 414 Å². The van der Waals surface area contributed by atoms with E-state index in [1.54, 1.807) is 66.4 Å². The molecule has 72 heavy (non-hydrogen) atoms. The number of amides is 4.